The van der Waals surface area contributed by atoms with Crippen molar-refractivity contribution in [2.75, 3.05) is 0 Å². The van der Waals surface area contributed by atoms with Gasteiger partial charge in [-0.15, -0.1) is 0 Å². The number of hydrogen-bond acceptors (Lipinski definition) is 3. The predicted molar refractivity (Wildman–Crippen MR) is 94.2 cm³/mol. The van der Waals surface area contributed by atoms with Gasteiger partial charge in [-0.05, 0) is 84.9 Å². The number of rotatable bonds is 3. The summed E-state index contributed by atoms with van der Waals surface area (Å²) in [5.74, 6) is 4.80. The van der Waals surface area contributed by atoms with Crippen LogP contribution in [0.1, 0.15) is 59.8 Å². The minimum atomic E-state index is -0.231. The zero-order valence-corrected chi connectivity index (χ0v) is 16.0. The summed E-state index contributed by atoms with van der Waals surface area (Å²) in [6, 6.07) is 0. The first-order valence-electron chi connectivity index (χ1n) is 10.6. The van der Waals surface area contributed by atoms with Crippen LogP contribution in [-0.4, -0.2) is 11.9 Å². The number of fused-ring (bicyclic) bond motifs is 7. The van der Waals surface area contributed by atoms with E-state index in [0.29, 0.717) is 23.7 Å². The summed E-state index contributed by atoms with van der Waals surface area (Å²) in [6.07, 6.45) is 6.72. The molecule has 5 fully saturated rings. The minimum Gasteiger partial charge on any atom is -0.393 e. The topological polar surface area (TPSA) is 43.4 Å². The molecule has 0 aromatic rings. The number of cyclic esters (lactones) is 2. The molecule has 5 rings (SSSR count). The van der Waals surface area contributed by atoms with E-state index in [4.69, 9.17) is 4.74 Å². The lowest BCUT2D eigenvalue weighted by Crippen LogP contribution is -2.46. The SMILES string of the molecule is CC1C2CCC(C2)C1CC(C)C1(C)C(C)C2CC1[C@H]1C(=O)OC(=O)[C@@H]21. The molecule has 0 spiro atoms. The molecule has 1 aliphatic heterocycles. The average molecular weight is 344 g/mol. The van der Waals surface area contributed by atoms with Crippen molar-refractivity contribution in [2.24, 2.45) is 64.6 Å². The Morgan fingerprint density at radius 2 is 1.76 bits per heavy atom. The molecule has 138 valence electrons. The first kappa shape index (κ1) is 16.3. The van der Waals surface area contributed by atoms with Crippen molar-refractivity contribution in [3.63, 3.8) is 0 Å². The van der Waals surface area contributed by atoms with Gasteiger partial charge in [0.1, 0.15) is 0 Å². The maximum Gasteiger partial charge on any atom is 0.317 e. The Labute approximate surface area is 151 Å². The first-order chi connectivity index (χ1) is 11.8. The zero-order valence-electron chi connectivity index (χ0n) is 16.0. The van der Waals surface area contributed by atoms with Crippen LogP contribution >= 0.6 is 0 Å². The fourth-order valence-corrected chi connectivity index (χ4v) is 8.51. The Morgan fingerprint density at radius 3 is 2.44 bits per heavy atom. The molecule has 4 saturated carbocycles. The van der Waals surface area contributed by atoms with E-state index in [0.717, 1.165) is 30.1 Å². The van der Waals surface area contributed by atoms with Crippen molar-refractivity contribution in [2.45, 2.75) is 59.8 Å². The molecule has 0 N–H and O–H groups in total. The summed E-state index contributed by atoms with van der Waals surface area (Å²) in [4.78, 5) is 24.5. The Balaban J connectivity index is 1.40. The van der Waals surface area contributed by atoms with E-state index in [9.17, 15) is 9.59 Å². The highest BCUT2D eigenvalue weighted by Crippen LogP contribution is 2.69. The van der Waals surface area contributed by atoms with Gasteiger partial charge in [0.25, 0.3) is 0 Å². The second-order valence-corrected chi connectivity index (χ2v) is 10.4. The highest BCUT2D eigenvalue weighted by molar-refractivity contribution is 5.97. The highest BCUT2D eigenvalue weighted by Gasteiger charge is 2.70. The maximum atomic E-state index is 12.3. The van der Waals surface area contributed by atoms with Gasteiger partial charge in [-0.25, -0.2) is 0 Å². The van der Waals surface area contributed by atoms with Crippen molar-refractivity contribution < 1.29 is 14.3 Å². The molecule has 3 heteroatoms. The number of ether oxygens (including phenoxy) is 1. The van der Waals surface area contributed by atoms with Crippen molar-refractivity contribution in [3.8, 4) is 0 Å². The van der Waals surface area contributed by atoms with Gasteiger partial charge in [0.05, 0.1) is 11.8 Å². The molecular formula is C22H32O3. The van der Waals surface area contributed by atoms with E-state index in [1.54, 1.807) is 0 Å². The van der Waals surface area contributed by atoms with E-state index < -0.39 is 0 Å². The molecule has 0 aromatic carbocycles. The molecular weight excluding hydrogens is 312 g/mol. The van der Waals surface area contributed by atoms with Gasteiger partial charge in [0, 0.05) is 0 Å². The molecule has 25 heavy (non-hydrogen) atoms. The van der Waals surface area contributed by atoms with Crippen LogP contribution in [0.2, 0.25) is 0 Å². The minimum absolute atomic E-state index is 0.130. The molecule has 5 aliphatic rings. The van der Waals surface area contributed by atoms with Crippen LogP contribution in [0.25, 0.3) is 0 Å². The lowest BCUT2D eigenvalue weighted by atomic mass is 9.54. The van der Waals surface area contributed by atoms with E-state index in [1.807, 2.05) is 0 Å². The van der Waals surface area contributed by atoms with Crippen LogP contribution < -0.4 is 0 Å². The molecule has 1 saturated heterocycles. The van der Waals surface area contributed by atoms with Crippen LogP contribution in [0.15, 0.2) is 0 Å². The van der Waals surface area contributed by atoms with E-state index >= 15 is 0 Å². The fraction of sp³-hybridized carbons (Fsp3) is 0.909. The van der Waals surface area contributed by atoms with Crippen LogP contribution in [0.3, 0.4) is 0 Å². The Kier molecular flexibility index (Phi) is 3.33. The van der Waals surface area contributed by atoms with Gasteiger partial charge in [-0.3, -0.25) is 9.59 Å². The van der Waals surface area contributed by atoms with Gasteiger partial charge in [0.15, 0.2) is 0 Å². The first-order valence-corrected chi connectivity index (χ1v) is 10.6. The second-order valence-electron chi connectivity index (χ2n) is 10.4. The second kappa shape index (κ2) is 5.10. The smallest absolute Gasteiger partial charge is 0.317 e. The largest absolute Gasteiger partial charge is 0.393 e. The van der Waals surface area contributed by atoms with Crippen molar-refractivity contribution >= 4 is 11.9 Å². The normalized spacial score (nSPS) is 57.2. The van der Waals surface area contributed by atoms with Crippen LogP contribution in [0, 0.1) is 64.6 Å². The average Bonchev–Trinajstić information content (AvgIpc) is 3.33. The monoisotopic (exact) mass is 344 g/mol. The van der Waals surface area contributed by atoms with Gasteiger partial charge in [-0.2, -0.15) is 0 Å². The van der Waals surface area contributed by atoms with E-state index in [1.165, 1.54) is 25.7 Å². The third kappa shape index (κ3) is 1.88. The van der Waals surface area contributed by atoms with Crippen molar-refractivity contribution in [1.29, 1.82) is 0 Å². The number of carbonyl (C=O) groups excluding carboxylic acids is 2. The molecule has 0 aromatic heterocycles. The molecule has 4 bridgehead atoms. The summed E-state index contributed by atoms with van der Waals surface area (Å²) in [5.41, 5.74) is 0.178. The van der Waals surface area contributed by atoms with Crippen LogP contribution in [0.4, 0.5) is 0 Å². The summed E-state index contributed by atoms with van der Waals surface area (Å²) >= 11 is 0. The lowest BCUT2D eigenvalue weighted by molar-refractivity contribution is -0.155. The molecule has 3 nitrogen and oxygen atoms in total. The number of hydrogen-bond donors (Lipinski definition) is 0. The third-order valence-corrected chi connectivity index (χ3v) is 10.2. The molecule has 11 atom stereocenters. The Morgan fingerprint density at radius 1 is 1.08 bits per heavy atom. The van der Waals surface area contributed by atoms with Gasteiger partial charge in [-0.1, -0.05) is 27.7 Å². The Bertz CT molecular complexity index is 625. The molecule has 9 unspecified atom stereocenters. The predicted octanol–water partition coefficient (Wildman–Crippen LogP) is 4.30. The van der Waals surface area contributed by atoms with Gasteiger partial charge in [0.2, 0.25) is 0 Å². The maximum absolute atomic E-state index is 12.3. The number of esters is 2. The van der Waals surface area contributed by atoms with Crippen LogP contribution in [-0.2, 0) is 14.3 Å². The fourth-order valence-electron chi connectivity index (χ4n) is 8.51. The molecule has 0 radical (unpaired) electrons. The zero-order chi connectivity index (χ0) is 17.7. The number of carbonyl (C=O) groups is 2. The van der Waals surface area contributed by atoms with Crippen molar-refractivity contribution in [3.05, 3.63) is 0 Å². The standard InChI is InChI=1S/C22H32O3/c1-10(7-15-11(2)13-5-6-14(15)8-13)22(4)12(3)16-9-17(22)19-18(16)20(23)25-21(19)24/h10-19H,5-9H2,1-4H3/t10?,11?,12?,13?,14?,15?,16?,17?,18-,19+,22?/m0/s1. The molecule has 0 amide bonds. The van der Waals surface area contributed by atoms with E-state index in [2.05, 4.69) is 27.7 Å². The van der Waals surface area contributed by atoms with Gasteiger partial charge >= 0.3 is 11.9 Å². The van der Waals surface area contributed by atoms with Crippen LogP contribution in [0.5, 0.6) is 0 Å². The van der Waals surface area contributed by atoms with Crippen molar-refractivity contribution in [1.82, 2.24) is 0 Å². The Hall–Kier alpha value is -0.860. The quantitative estimate of drug-likeness (QED) is 0.566. The lowest BCUT2D eigenvalue weighted by Gasteiger charge is -2.48. The summed E-state index contributed by atoms with van der Waals surface area (Å²) < 4.78 is 5.04. The summed E-state index contributed by atoms with van der Waals surface area (Å²) in [7, 11) is 0. The molecule has 1 heterocycles. The van der Waals surface area contributed by atoms with Gasteiger partial charge < -0.3 is 4.74 Å². The summed E-state index contributed by atoms with van der Waals surface area (Å²) in [5, 5.41) is 0. The molecule has 4 aliphatic carbocycles. The third-order valence-electron chi connectivity index (χ3n) is 10.2. The highest BCUT2D eigenvalue weighted by atomic mass is 16.6. The summed E-state index contributed by atoms with van der Waals surface area (Å²) in [6.45, 7) is 9.69. The van der Waals surface area contributed by atoms with E-state index in [-0.39, 0.29) is 29.2 Å².